The Morgan fingerprint density at radius 1 is 1.43 bits per heavy atom. The lowest BCUT2D eigenvalue weighted by Crippen LogP contribution is -2.01. The minimum absolute atomic E-state index is 0.0825. The van der Waals surface area contributed by atoms with Gasteiger partial charge in [-0.2, -0.15) is 0 Å². The summed E-state index contributed by atoms with van der Waals surface area (Å²) in [6, 6.07) is 5.82. The lowest BCUT2D eigenvalue weighted by molar-refractivity contribution is -0.136. The minimum atomic E-state index is -0.794. The molecule has 0 atom stereocenters. The normalized spacial score (nSPS) is 10.6. The molecular weight excluding hydrogens is 244 g/mol. The highest BCUT2D eigenvalue weighted by molar-refractivity contribution is 9.10. The van der Waals surface area contributed by atoms with Crippen molar-refractivity contribution in [2.75, 3.05) is 0 Å². The van der Waals surface area contributed by atoms with Crippen LogP contribution in [-0.2, 0) is 11.2 Å². The largest absolute Gasteiger partial charge is 0.481 e. The molecule has 14 heavy (non-hydrogen) atoms. The van der Waals surface area contributed by atoms with Crippen LogP contribution in [0.4, 0.5) is 0 Å². The van der Waals surface area contributed by atoms with E-state index >= 15 is 0 Å². The van der Waals surface area contributed by atoms with Crippen molar-refractivity contribution in [3.63, 3.8) is 0 Å². The second kappa shape index (κ2) is 4.60. The Balaban J connectivity index is 3.01. The van der Waals surface area contributed by atoms with E-state index in [0.717, 1.165) is 15.6 Å². The monoisotopic (exact) mass is 256 g/mol. The number of hydrogen-bond donors (Lipinski definition) is 1. The second-order valence-corrected chi connectivity index (χ2v) is 4.53. The van der Waals surface area contributed by atoms with Crippen LogP contribution in [0.25, 0.3) is 0 Å². The summed E-state index contributed by atoms with van der Waals surface area (Å²) in [5.74, 6) is -0.377. The van der Waals surface area contributed by atoms with Crippen molar-refractivity contribution in [1.82, 2.24) is 0 Å². The zero-order chi connectivity index (χ0) is 10.7. The van der Waals surface area contributed by atoms with Gasteiger partial charge in [-0.3, -0.25) is 4.79 Å². The van der Waals surface area contributed by atoms with Gasteiger partial charge in [0.25, 0.3) is 0 Å². The van der Waals surface area contributed by atoms with Crippen molar-refractivity contribution in [2.24, 2.45) is 0 Å². The summed E-state index contributed by atoms with van der Waals surface area (Å²) in [5.41, 5.74) is 2.01. The number of rotatable bonds is 3. The summed E-state index contributed by atoms with van der Waals surface area (Å²) in [5, 5.41) is 8.67. The maximum Gasteiger partial charge on any atom is 0.307 e. The Labute approximate surface area is 92.1 Å². The van der Waals surface area contributed by atoms with Crippen molar-refractivity contribution in [3.8, 4) is 0 Å². The van der Waals surface area contributed by atoms with Crippen molar-refractivity contribution in [2.45, 2.75) is 26.2 Å². The maximum atomic E-state index is 10.5. The summed E-state index contributed by atoms with van der Waals surface area (Å²) in [4.78, 5) is 10.5. The van der Waals surface area contributed by atoms with Gasteiger partial charge in [-0.15, -0.1) is 0 Å². The Hall–Kier alpha value is -0.830. The van der Waals surface area contributed by atoms with Gasteiger partial charge in [0.05, 0.1) is 6.42 Å². The summed E-state index contributed by atoms with van der Waals surface area (Å²) in [6.07, 6.45) is 0.0825. The smallest absolute Gasteiger partial charge is 0.307 e. The fourth-order valence-electron chi connectivity index (χ4n) is 1.29. The molecule has 0 saturated heterocycles. The van der Waals surface area contributed by atoms with E-state index < -0.39 is 5.97 Å². The Kier molecular flexibility index (Phi) is 3.69. The molecule has 0 aromatic heterocycles. The van der Waals surface area contributed by atoms with E-state index in [9.17, 15) is 4.79 Å². The molecule has 0 unspecified atom stereocenters. The molecule has 0 spiro atoms. The predicted octanol–water partition coefficient (Wildman–Crippen LogP) is 3.20. The van der Waals surface area contributed by atoms with Crippen LogP contribution < -0.4 is 0 Å². The van der Waals surface area contributed by atoms with Gasteiger partial charge in [0.1, 0.15) is 0 Å². The average Bonchev–Trinajstić information content (AvgIpc) is 2.01. The first-order chi connectivity index (χ1) is 6.49. The molecule has 0 amide bonds. The third-order valence-electron chi connectivity index (χ3n) is 2.00. The molecule has 0 heterocycles. The standard InChI is InChI=1S/C11H13BrO2/c1-7(2)9-3-8(5-11(13)14)4-10(12)6-9/h3-4,6-7H,5H2,1-2H3,(H,13,14). The van der Waals surface area contributed by atoms with Gasteiger partial charge >= 0.3 is 5.97 Å². The number of aliphatic carboxylic acids is 1. The van der Waals surface area contributed by atoms with Gasteiger partial charge in [-0.1, -0.05) is 35.8 Å². The van der Waals surface area contributed by atoms with E-state index in [1.807, 2.05) is 18.2 Å². The summed E-state index contributed by atoms with van der Waals surface area (Å²) < 4.78 is 0.944. The van der Waals surface area contributed by atoms with Gasteiger partial charge in [0.15, 0.2) is 0 Å². The van der Waals surface area contributed by atoms with Crippen molar-refractivity contribution < 1.29 is 9.90 Å². The number of carboxylic acids is 1. The number of hydrogen-bond acceptors (Lipinski definition) is 1. The van der Waals surface area contributed by atoms with E-state index in [4.69, 9.17) is 5.11 Å². The molecule has 3 heteroatoms. The molecule has 1 aromatic carbocycles. The highest BCUT2D eigenvalue weighted by atomic mass is 79.9. The highest BCUT2D eigenvalue weighted by Crippen LogP contribution is 2.22. The number of benzene rings is 1. The van der Waals surface area contributed by atoms with Crippen molar-refractivity contribution in [1.29, 1.82) is 0 Å². The first-order valence-corrected chi connectivity index (χ1v) is 5.29. The molecule has 1 rings (SSSR count). The van der Waals surface area contributed by atoms with Gasteiger partial charge in [-0.05, 0) is 29.2 Å². The first-order valence-electron chi connectivity index (χ1n) is 4.50. The number of halogens is 1. The zero-order valence-corrected chi connectivity index (χ0v) is 9.84. The second-order valence-electron chi connectivity index (χ2n) is 3.62. The quantitative estimate of drug-likeness (QED) is 0.902. The van der Waals surface area contributed by atoms with Gasteiger partial charge in [0, 0.05) is 4.47 Å². The average molecular weight is 257 g/mol. The molecular formula is C11H13BrO2. The van der Waals surface area contributed by atoms with Crippen LogP contribution in [0.3, 0.4) is 0 Å². The molecule has 76 valence electrons. The van der Waals surface area contributed by atoms with Crippen molar-refractivity contribution >= 4 is 21.9 Å². The summed E-state index contributed by atoms with van der Waals surface area (Å²) in [7, 11) is 0. The molecule has 0 radical (unpaired) electrons. The molecule has 0 aliphatic heterocycles. The fraction of sp³-hybridized carbons (Fsp3) is 0.364. The van der Waals surface area contributed by atoms with Crippen molar-refractivity contribution in [3.05, 3.63) is 33.8 Å². The van der Waals surface area contributed by atoms with E-state index in [0.29, 0.717) is 5.92 Å². The molecule has 2 nitrogen and oxygen atoms in total. The fourth-order valence-corrected chi connectivity index (χ4v) is 1.84. The Morgan fingerprint density at radius 2 is 2.07 bits per heavy atom. The number of carbonyl (C=O) groups is 1. The maximum absolute atomic E-state index is 10.5. The topological polar surface area (TPSA) is 37.3 Å². The lowest BCUT2D eigenvalue weighted by Gasteiger charge is -2.08. The molecule has 1 aromatic rings. The van der Waals surface area contributed by atoms with E-state index in [2.05, 4.69) is 29.8 Å². The first kappa shape index (κ1) is 11.2. The zero-order valence-electron chi connectivity index (χ0n) is 8.25. The highest BCUT2D eigenvalue weighted by Gasteiger charge is 2.05. The minimum Gasteiger partial charge on any atom is -0.481 e. The molecule has 0 aliphatic carbocycles. The van der Waals surface area contributed by atoms with Crippen LogP contribution >= 0.6 is 15.9 Å². The molecule has 0 bridgehead atoms. The van der Waals surface area contributed by atoms with Gasteiger partial charge in [0.2, 0.25) is 0 Å². The summed E-state index contributed by atoms with van der Waals surface area (Å²) in [6.45, 7) is 4.18. The van der Waals surface area contributed by atoms with Gasteiger partial charge in [-0.25, -0.2) is 0 Å². The van der Waals surface area contributed by atoms with Crippen LogP contribution in [0.5, 0.6) is 0 Å². The SMILES string of the molecule is CC(C)c1cc(Br)cc(CC(=O)O)c1. The molecule has 1 N–H and O–H groups in total. The Bertz CT molecular complexity index is 345. The predicted molar refractivity (Wildman–Crippen MR) is 59.6 cm³/mol. The third-order valence-corrected chi connectivity index (χ3v) is 2.46. The van der Waals surface area contributed by atoms with Gasteiger partial charge < -0.3 is 5.11 Å². The van der Waals surface area contributed by atoms with Crippen LogP contribution in [0.1, 0.15) is 30.9 Å². The molecule has 0 saturated carbocycles. The van der Waals surface area contributed by atoms with Crippen LogP contribution in [0, 0.1) is 0 Å². The Morgan fingerprint density at radius 3 is 2.57 bits per heavy atom. The summed E-state index contributed by atoms with van der Waals surface area (Å²) >= 11 is 3.38. The molecule has 0 aliphatic rings. The van der Waals surface area contributed by atoms with E-state index in [1.165, 1.54) is 0 Å². The van der Waals surface area contributed by atoms with Crippen LogP contribution in [-0.4, -0.2) is 11.1 Å². The number of carboxylic acid groups (broad SMARTS) is 1. The third kappa shape index (κ3) is 3.14. The lowest BCUT2D eigenvalue weighted by atomic mass is 10.00. The molecule has 0 fully saturated rings. The van der Waals surface area contributed by atoms with Crippen LogP contribution in [0.2, 0.25) is 0 Å². The van der Waals surface area contributed by atoms with E-state index in [1.54, 1.807) is 0 Å². The van der Waals surface area contributed by atoms with E-state index in [-0.39, 0.29) is 6.42 Å². The van der Waals surface area contributed by atoms with Crippen LogP contribution in [0.15, 0.2) is 22.7 Å².